The van der Waals surface area contributed by atoms with Crippen LogP contribution < -0.4 is 0 Å². The molecule has 1 unspecified atom stereocenters. The second kappa shape index (κ2) is 5.98. The number of hydrogen-bond donors (Lipinski definition) is 2. The van der Waals surface area contributed by atoms with Gasteiger partial charge in [-0.2, -0.15) is 8.42 Å². The lowest BCUT2D eigenvalue weighted by atomic mass is 9.80. The zero-order valence-electron chi connectivity index (χ0n) is 13.9. The first kappa shape index (κ1) is 18.3. The van der Waals surface area contributed by atoms with Crippen molar-refractivity contribution >= 4 is 10.1 Å². The van der Waals surface area contributed by atoms with Crippen LogP contribution in [0, 0.1) is 17.5 Å². The normalized spacial score (nSPS) is 20.1. The Labute approximate surface area is 157 Å². The molecule has 0 radical (unpaired) electrons. The summed E-state index contributed by atoms with van der Waals surface area (Å²) in [7, 11) is -4.36. The SMILES string of the molecule is O=S1(=O)OC(c2ccc(O)c([18F])c2)(c2cc([18F])c(O)c([18F])c2)c2ccccc21. The molecule has 144 valence electrons. The van der Waals surface area contributed by atoms with Crippen LogP contribution in [-0.2, 0) is 19.9 Å². The highest BCUT2D eigenvalue weighted by Gasteiger charge is 2.52. The van der Waals surface area contributed by atoms with E-state index >= 15 is 0 Å². The lowest BCUT2D eigenvalue weighted by molar-refractivity contribution is 0.178. The number of halogens is 3. The Kier molecular flexibility index (Phi) is 3.91. The van der Waals surface area contributed by atoms with Crippen LogP contribution in [0.4, 0.5) is 13.2 Å². The van der Waals surface area contributed by atoms with E-state index in [4.69, 9.17) is 4.18 Å². The molecule has 0 spiro atoms. The molecule has 0 saturated carbocycles. The van der Waals surface area contributed by atoms with E-state index in [0.29, 0.717) is 12.1 Å². The molecule has 9 heteroatoms. The molecule has 1 aliphatic heterocycles. The van der Waals surface area contributed by atoms with Crippen molar-refractivity contribution in [2.24, 2.45) is 0 Å². The minimum atomic E-state index is -4.36. The summed E-state index contributed by atoms with van der Waals surface area (Å²) in [5.74, 6) is -5.72. The number of phenolic OH excluding ortho intramolecular Hbond substituents is 2. The number of fused-ring (bicyclic) bond motifs is 1. The number of benzene rings is 3. The number of hydrogen-bond acceptors (Lipinski definition) is 5. The molecule has 1 atom stereocenters. The Morgan fingerprint density at radius 3 is 2.07 bits per heavy atom. The van der Waals surface area contributed by atoms with Gasteiger partial charge in [-0.3, -0.25) is 0 Å². The highest BCUT2D eigenvalue weighted by atomic mass is 32.2. The van der Waals surface area contributed by atoms with Crippen LogP contribution >= 0.6 is 0 Å². The van der Waals surface area contributed by atoms with E-state index in [0.717, 1.165) is 12.1 Å². The number of aromatic hydroxyl groups is 2. The molecule has 0 amide bonds. The lowest BCUT2D eigenvalue weighted by Crippen LogP contribution is -2.30. The van der Waals surface area contributed by atoms with E-state index in [9.17, 15) is 31.8 Å². The van der Waals surface area contributed by atoms with Gasteiger partial charge >= 0.3 is 0 Å². The first-order valence-corrected chi connectivity index (χ1v) is 9.30. The summed E-state index contributed by atoms with van der Waals surface area (Å²) in [5.41, 5.74) is -2.57. The van der Waals surface area contributed by atoms with Gasteiger partial charge in [0.05, 0.1) is 0 Å². The summed E-state index contributed by atoms with van der Waals surface area (Å²) in [5, 5.41) is 18.9. The van der Waals surface area contributed by atoms with E-state index < -0.39 is 44.7 Å². The molecule has 0 aromatic heterocycles. The molecule has 0 saturated heterocycles. The largest absolute Gasteiger partial charge is 0.505 e. The van der Waals surface area contributed by atoms with Crippen LogP contribution in [0.1, 0.15) is 16.7 Å². The van der Waals surface area contributed by atoms with E-state index in [2.05, 4.69) is 0 Å². The van der Waals surface area contributed by atoms with Crippen molar-refractivity contribution in [3.63, 3.8) is 0 Å². The third-order valence-corrected chi connectivity index (χ3v) is 5.91. The lowest BCUT2D eigenvalue weighted by Gasteiger charge is -2.29. The summed E-state index contributed by atoms with van der Waals surface area (Å²) >= 11 is 0. The summed E-state index contributed by atoms with van der Waals surface area (Å²) in [6.45, 7) is 0. The monoisotopic (exact) mass is 405 g/mol. The Balaban J connectivity index is 2.14. The third-order valence-electron chi connectivity index (χ3n) is 4.55. The maximum absolute atomic E-state index is 14.1. The van der Waals surface area contributed by atoms with Crippen molar-refractivity contribution in [2.75, 3.05) is 0 Å². The van der Waals surface area contributed by atoms with E-state index in [1.54, 1.807) is 0 Å². The van der Waals surface area contributed by atoms with Crippen molar-refractivity contribution in [2.45, 2.75) is 10.5 Å². The smallest absolute Gasteiger partial charge is 0.298 e. The van der Waals surface area contributed by atoms with E-state index in [1.807, 2.05) is 0 Å². The van der Waals surface area contributed by atoms with E-state index in [-0.39, 0.29) is 21.6 Å². The molecular formula is C19H11F3O5S. The standard InChI is InChI=1S/C19H11F3O5S/c20-13-7-10(5-6-16(13)23)19(11-8-14(21)18(24)15(22)9-11)12-3-1-2-4-17(12)28(25,26)27-19/h1-9,23-24H/i20-1,21-1,22-1. The van der Waals surface area contributed by atoms with Crippen LogP contribution in [0.15, 0.2) is 59.5 Å². The Morgan fingerprint density at radius 1 is 0.821 bits per heavy atom. The first-order valence-electron chi connectivity index (χ1n) is 7.89. The predicted octanol–water partition coefficient (Wildman–Crippen LogP) is 3.53. The van der Waals surface area contributed by atoms with Crippen molar-refractivity contribution in [3.8, 4) is 11.5 Å². The highest BCUT2D eigenvalue weighted by Crippen LogP contribution is 2.51. The maximum atomic E-state index is 14.1. The van der Waals surface area contributed by atoms with Crippen molar-refractivity contribution in [1.29, 1.82) is 0 Å². The molecular weight excluding hydrogens is 394 g/mol. The van der Waals surface area contributed by atoms with Gasteiger partial charge in [-0.25, -0.2) is 17.4 Å². The van der Waals surface area contributed by atoms with Gasteiger partial charge in [0.15, 0.2) is 34.6 Å². The fraction of sp³-hybridized carbons (Fsp3) is 0.0526. The fourth-order valence-electron chi connectivity index (χ4n) is 3.30. The zero-order valence-corrected chi connectivity index (χ0v) is 14.7. The summed E-state index contributed by atoms with van der Waals surface area (Å²) in [6, 6.07) is 9.92. The van der Waals surface area contributed by atoms with Gasteiger partial charge in [-0.1, -0.05) is 24.3 Å². The van der Waals surface area contributed by atoms with Gasteiger partial charge in [0, 0.05) is 11.1 Å². The third kappa shape index (κ3) is 2.47. The molecule has 3 aromatic rings. The topological polar surface area (TPSA) is 83.8 Å². The van der Waals surface area contributed by atoms with Gasteiger partial charge in [0.2, 0.25) is 0 Å². The predicted molar refractivity (Wildman–Crippen MR) is 90.7 cm³/mol. The van der Waals surface area contributed by atoms with Crippen LogP contribution in [0.5, 0.6) is 11.5 Å². The summed E-state index contributed by atoms with van der Waals surface area (Å²) in [4.78, 5) is -0.252. The first-order chi connectivity index (χ1) is 13.2. The molecule has 1 heterocycles. The average molecular weight is 405 g/mol. The van der Waals surface area contributed by atoms with Crippen LogP contribution in [0.3, 0.4) is 0 Å². The Hall–Kier alpha value is -3.04. The minimum absolute atomic E-state index is 0.00424. The summed E-state index contributed by atoms with van der Waals surface area (Å²) < 4.78 is 72.8. The van der Waals surface area contributed by atoms with Gasteiger partial charge in [0.1, 0.15) is 4.90 Å². The van der Waals surface area contributed by atoms with Crippen LogP contribution in [0.25, 0.3) is 0 Å². The second-order valence-electron chi connectivity index (χ2n) is 6.17. The molecule has 0 fully saturated rings. The molecule has 4 rings (SSSR count). The van der Waals surface area contributed by atoms with Gasteiger partial charge in [-0.15, -0.1) is 0 Å². The van der Waals surface area contributed by atoms with Gasteiger partial charge in [0.25, 0.3) is 10.1 Å². The zero-order chi connectivity index (χ0) is 20.3. The number of phenols is 2. The van der Waals surface area contributed by atoms with Crippen molar-refractivity contribution in [1.82, 2.24) is 0 Å². The average Bonchev–Trinajstić information content (AvgIpc) is 2.90. The quantitative estimate of drug-likeness (QED) is 0.638. The summed E-state index contributed by atoms with van der Waals surface area (Å²) in [6.07, 6.45) is 0. The molecule has 3 aromatic carbocycles. The Bertz CT molecular complexity index is 1200. The van der Waals surface area contributed by atoms with Gasteiger partial charge < -0.3 is 10.2 Å². The fourth-order valence-corrected chi connectivity index (χ4v) is 4.73. The minimum Gasteiger partial charge on any atom is -0.505 e. The molecule has 0 aliphatic carbocycles. The molecule has 28 heavy (non-hydrogen) atoms. The Morgan fingerprint density at radius 2 is 1.43 bits per heavy atom. The second-order valence-corrected chi connectivity index (χ2v) is 7.68. The van der Waals surface area contributed by atoms with Crippen molar-refractivity contribution < 1.29 is 36.0 Å². The van der Waals surface area contributed by atoms with E-state index in [1.165, 1.54) is 30.3 Å². The molecule has 1 aliphatic rings. The number of rotatable bonds is 2. The highest BCUT2D eigenvalue weighted by molar-refractivity contribution is 7.87. The van der Waals surface area contributed by atoms with Crippen LogP contribution in [-0.4, -0.2) is 18.6 Å². The van der Waals surface area contributed by atoms with Crippen molar-refractivity contribution in [3.05, 3.63) is 88.7 Å². The van der Waals surface area contributed by atoms with Crippen LogP contribution in [0.2, 0.25) is 0 Å². The molecule has 0 bridgehead atoms. The maximum Gasteiger partial charge on any atom is 0.298 e. The molecule has 2 N–H and O–H groups in total. The molecule has 5 nitrogen and oxygen atoms in total. The van der Waals surface area contributed by atoms with Gasteiger partial charge in [-0.05, 0) is 35.9 Å².